The van der Waals surface area contributed by atoms with Gasteiger partial charge in [0.05, 0.1) is 18.6 Å². The van der Waals surface area contributed by atoms with Gasteiger partial charge in [-0.2, -0.15) is 0 Å². The lowest BCUT2D eigenvalue weighted by atomic mass is 10.0. The Hall–Kier alpha value is -0.610. The summed E-state index contributed by atoms with van der Waals surface area (Å²) in [6, 6.07) is -0.164. The van der Waals surface area contributed by atoms with Crippen LogP contribution in [0, 0.1) is 11.8 Å². The van der Waals surface area contributed by atoms with Gasteiger partial charge in [-0.1, -0.05) is 27.2 Å². The third-order valence-electron chi connectivity index (χ3n) is 2.62. The van der Waals surface area contributed by atoms with Crippen molar-refractivity contribution in [1.82, 2.24) is 5.32 Å². The fourth-order valence-corrected chi connectivity index (χ4v) is 1.43. The minimum atomic E-state index is -0.164. The van der Waals surface area contributed by atoms with Crippen LogP contribution in [0.15, 0.2) is 0 Å². The molecule has 0 aliphatic heterocycles. The number of hydrogen-bond acceptors (Lipinski definition) is 3. The summed E-state index contributed by atoms with van der Waals surface area (Å²) in [6.45, 7) is 6.32. The Bertz CT molecular complexity index is 183. The van der Waals surface area contributed by atoms with Gasteiger partial charge in [-0.3, -0.25) is 4.79 Å². The second-order valence-corrected chi connectivity index (χ2v) is 4.26. The van der Waals surface area contributed by atoms with Gasteiger partial charge in [-0.05, 0) is 12.3 Å². The fraction of sp³-hybridized carbons (Fsp3) is 0.909. The van der Waals surface area contributed by atoms with Gasteiger partial charge in [0.1, 0.15) is 0 Å². The maximum atomic E-state index is 11.7. The SMILES string of the molecule is CCCC(CN)C(=O)N[C@H](CO)C(C)C. The number of hydrogen-bond donors (Lipinski definition) is 3. The van der Waals surface area contributed by atoms with E-state index in [2.05, 4.69) is 5.32 Å². The molecule has 0 radical (unpaired) electrons. The molecule has 0 spiro atoms. The number of rotatable bonds is 7. The van der Waals surface area contributed by atoms with Crippen LogP contribution in [0.5, 0.6) is 0 Å². The number of nitrogens with one attached hydrogen (secondary N) is 1. The second kappa shape index (κ2) is 7.65. The Labute approximate surface area is 92.2 Å². The van der Waals surface area contributed by atoms with Crippen LogP contribution in [0.3, 0.4) is 0 Å². The molecule has 0 aromatic heterocycles. The number of aliphatic hydroxyl groups is 1. The molecule has 0 rings (SSSR count). The number of carbonyl (C=O) groups is 1. The summed E-state index contributed by atoms with van der Waals surface area (Å²) < 4.78 is 0. The number of nitrogens with two attached hydrogens (primary N) is 1. The lowest BCUT2D eigenvalue weighted by Gasteiger charge is -2.23. The molecule has 0 aliphatic rings. The van der Waals surface area contributed by atoms with E-state index in [0.29, 0.717) is 6.54 Å². The molecule has 2 atom stereocenters. The summed E-state index contributed by atoms with van der Waals surface area (Å²) in [5, 5.41) is 11.9. The number of carbonyl (C=O) groups excluding carboxylic acids is 1. The van der Waals surface area contributed by atoms with Crippen LogP contribution in [0.4, 0.5) is 0 Å². The second-order valence-electron chi connectivity index (χ2n) is 4.26. The standard InChI is InChI=1S/C11H24N2O2/c1-4-5-9(6-12)11(15)13-10(7-14)8(2)3/h8-10,14H,4-7,12H2,1-3H3,(H,13,15)/t9?,10-/m1/s1. The largest absolute Gasteiger partial charge is 0.394 e. The van der Waals surface area contributed by atoms with Crippen LogP contribution in [0.25, 0.3) is 0 Å². The van der Waals surface area contributed by atoms with Gasteiger partial charge >= 0.3 is 0 Å². The zero-order valence-corrected chi connectivity index (χ0v) is 9.99. The van der Waals surface area contributed by atoms with Gasteiger partial charge in [0.2, 0.25) is 5.91 Å². The first-order valence-corrected chi connectivity index (χ1v) is 5.68. The van der Waals surface area contributed by atoms with Crippen LogP contribution in [0.1, 0.15) is 33.6 Å². The molecule has 0 fully saturated rings. The molecular weight excluding hydrogens is 192 g/mol. The Balaban J connectivity index is 4.18. The summed E-state index contributed by atoms with van der Waals surface area (Å²) >= 11 is 0. The summed E-state index contributed by atoms with van der Waals surface area (Å²) in [4.78, 5) is 11.7. The predicted molar refractivity (Wildman–Crippen MR) is 61.3 cm³/mol. The zero-order valence-electron chi connectivity index (χ0n) is 9.99. The van der Waals surface area contributed by atoms with Crippen LogP contribution < -0.4 is 11.1 Å². The molecule has 4 nitrogen and oxygen atoms in total. The number of aliphatic hydroxyl groups excluding tert-OH is 1. The Kier molecular flexibility index (Phi) is 7.34. The van der Waals surface area contributed by atoms with Crippen LogP contribution in [0.2, 0.25) is 0 Å². The van der Waals surface area contributed by atoms with E-state index in [1.807, 2.05) is 20.8 Å². The van der Waals surface area contributed by atoms with Crippen molar-refractivity contribution in [1.29, 1.82) is 0 Å². The first-order chi connectivity index (χ1) is 7.06. The lowest BCUT2D eigenvalue weighted by molar-refractivity contribution is -0.126. The van der Waals surface area contributed by atoms with Crippen molar-refractivity contribution >= 4 is 5.91 Å². The number of amides is 1. The lowest BCUT2D eigenvalue weighted by Crippen LogP contribution is -2.45. The highest BCUT2D eigenvalue weighted by Crippen LogP contribution is 2.07. The van der Waals surface area contributed by atoms with Crippen LogP contribution in [-0.2, 0) is 4.79 Å². The summed E-state index contributed by atoms with van der Waals surface area (Å²) in [5.41, 5.74) is 5.53. The third kappa shape index (κ3) is 5.14. The molecule has 0 bridgehead atoms. The average molecular weight is 216 g/mol. The van der Waals surface area contributed by atoms with Crippen molar-refractivity contribution in [3.8, 4) is 0 Å². The summed E-state index contributed by atoms with van der Waals surface area (Å²) in [5.74, 6) is 0.0777. The van der Waals surface area contributed by atoms with Crippen molar-refractivity contribution < 1.29 is 9.90 Å². The Morgan fingerprint density at radius 1 is 1.47 bits per heavy atom. The highest BCUT2D eigenvalue weighted by molar-refractivity contribution is 5.79. The highest BCUT2D eigenvalue weighted by Gasteiger charge is 2.20. The molecule has 4 N–H and O–H groups in total. The maximum Gasteiger partial charge on any atom is 0.224 e. The normalized spacial score (nSPS) is 15.1. The monoisotopic (exact) mass is 216 g/mol. The summed E-state index contributed by atoms with van der Waals surface area (Å²) in [7, 11) is 0. The minimum Gasteiger partial charge on any atom is -0.394 e. The molecule has 4 heteroatoms. The topological polar surface area (TPSA) is 75.4 Å². The van der Waals surface area contributed by atoms with Gasteiger partial charge in [0.15, 0.2) is 0 Å². The Morgan fingerprint density at radius 3 is 2.40 bits per heavy atom. The quantitative estimate of drug-likeness (QED) is 0.580. The van der Waals surface area contributed by atoms with E-state index < -0.39 is 0 Å². The Morgan fingerprint density at radius 2 is 2.07 bits per heavy atom. The van der Waals surface area contributed by atoms with Crippen molar-refractivity contribution in [2.24, 2.45) is 17.6 Å². The molecule has 1 amide bonds. The van der Waals surface area contributed by atoms with Crippen molar-refractivity contribution in [2.75, 3.05) is 13.2 Å². The van der Waals surface area contributed by atoms with Gasteiger partial charge in [-0.25, -0.2) is 0 Å². The van der Waals surface area contributed by atoms with E-state index in [1.54, 1.807) is 0 Å². The first kappa shape index (κ1) is 14.4. The smallest absolute Gasteiger partial charge is 0.224 e. The molecule has 0 aliphatic carbocycles. The predicted octanol–water partition coefficient (Wildman–Crippen LogP) is 0.495. The van der Waals surface area contributed by atoms with Crippen LogP contribution in [-0.4, -0.2) is 30.2 Å². The van der Waals surface area contributed by atoms with Crippen molar-refractivity contribution in [3.05, 3.63) is 0 Å². The van der Waals surface area contributed by atoms with E-state index >= 15 is 0 Å². The molecule has 15 heavy (non-hydrogen) atoms. The van der Waals surface area contributed by atoms with Gasteiger partial charge in [-0.15, -0.1) is 0 Å². The van der Waals surface area contributed by atoms with E-state index in [-0.39, 0.29) is 30.4 Å². The fourth-order valence-electron chi connectivity index (χ4n) is 1.43. The molecule has 0 aromatic rings. The maximum absolute atomic E-state index is 11.7. The average Bonchev–Trinajstić information content (AvgIpc) is 2.21. The molecule has 0 saturated carbocycles. The third-order valence-corrected chi connectivity index (χ3v) is 2.62. The van der Waals surface area contributed by atoms with Crippen molar-refractivity contribution in [3.63, 3.8) is 0 Å². The van der Waals surface area contributed by atoms with E-state index in [0.717, 1.165) is 12.8 Å². The van der Waals surface area contributed by atoms with Gasteiger partial charge in [0.25, 0.3) is 0 Å². The molecule has 0 aromatic carbocycles. The van der Waals surface area contributed by atoms with E-state index in [4.69, 9.17) is 10.8 Å². The molecule has 90 valence electrons. The molecule has 1 unspecified atom stereocenters. The highest BCUT2D eigenvalue weighted by atomic mass is 16.3. The summed E-state index contributed by atoms with van der Waals surface area (Å²) in [6.07, 6.45) is 1.75. The van der Waals surface area contributed by atoms with Crippen LogP contribution >= 0.6 is 0 Å². The van der Waals surface area contributed by atoms with Gasteiger partial charge in [0, 0.05) is 6.54 Å². The van der Waals surface area contributed by atoms with Gasteiger partial charge < -0.3 is 16.2 Å². The van der Waals surface area contributed by atoms with E-state index in [1.165, 1.54) is 0 Å². The zero-order chi connectivity index (χ0) is 11.8. The minimum absolute atomic E-state index is 0.0210. The first-order valence-electron chi connectivity index (χ1n) is 5.68. The van der Waals surface area contributed by atoms with E-state index in [9.17, 15) is 4.79 Å². The van der Waals surface area contributed by atoms with Crippen molar-refractivity contribution in [2.45, 2.75) is 39.7 Å². The molecule has 0 heterocycles. The molecular formula is C11H24N2O2. The molecule has 0 saturated heterocycles.